The summed E-state index contributed by atoms with van der Waals surface area (Å²) in [6.45, 7) is 1.90. The van der Waals surface area contributed by atoms with Gasteiger partial charge in [0.15, 0.2) is 11.1 Å². The normalized spacial score (nSPS) is 18.2. The Bertz CT molecular complexity index is 443. The quantitative estimate of drug-likeness (QED) is 0.803. The van der Waals surface area contributed by atoms with Gasteiger partial charge in [-0.25, -0.2) is 4.21 Å². The minimum Gasteiger partial charge on any atom is -0.493 e. The summed E-state index contributed by atoms with van der Waals surface area (Å²) < 4.78 is 31.0. The number of hydrogen-bond donors (Lipinski definition) is 2. The first kappa shape index (κ1) is 14.5. The Balaban J connectivity index is 2.00. The van der Waals surface area contributed by atoms with Crippen LogP contribution >= 0.6 is 0 Å². The maximum absolute atomic E-state index is 11.0. The van der Waals surface area contributed by atoms with Gasteiger partial charge in [-0.1, -0.05) is 0 Å². The lowest BCUT2D eigenvalue weighted by Gasteiger charge is -2.22. The number of hydrogen-bond acceptors (Lipinski definition) is 4. The molecule has 6 heteroatoms. The highest BCUT2D eigenvalue weighted by atomic mass is 32.2. The van der Waals surface area contributed by atoms with Gasteiger partial charge < -0.3 is 19.1 Å². The van der Waals surface area contributed by atoms with Crippen molar-refractivity contribution in [2.45, 2.75) is 24.3 Å². The molecule has 1 heterocycles. The Morgan fingerprint density at radius 3 is 2.74 bits per heavy atom. The molecule has 1 saturated heterocycles. The van der Waals surface area contributed by atoms with Crippen molar-refractivity contribution in [3.8, 4) is 5.75 Å². The van der Waals surface area contributed by atoms with E-state index >= 15 is 0 Å². The first-order chi connectivity index (χ1) is 9.20. The highest BCUT2D eigenvalue weighted by molar-refractivity contribution is 7.79. The van der Waals surface area contributed by atoms with E-state index in [2.05, 4.69) is 0 Å². The summed E-state index contributed by atoms with van der Waals surface area (Å²) in [6, 6.07) is 4.67. The van der Waals surface area contributed by atoms with E-state index in [0.717, 1.165) is 26.1 Å². The molecule has 2 rings (SSSR count). The van der Waals surface area contributed by atoms with Crippen LogP contribution < -0.4 is 4.74 Å². The smallest absolute Gasteiger partial charge is 0.186 e. The van der Waals surface area contributed by atoms with Crippen LogP contribution in [-0.2, 0) is 22.4 Å². The molecule has 2 N–H and O–H groups in total. The Kier molecular flexibility index (Phi) is 5.33. The van der Waals surface area contributed by atoms with E-state index < -0.39 is 11.1 Å². The minimum absolute atomic E-state index is 0.214. The van der Waals surface area contributed by atoms with Crippen LogP contribution in [0.15, 0.2) is 23.1 Å². The van der Waals surface area contributed by atoms with Gasteiger partial charge in [-0.3, -0.25) is 0 Å². The standard InChI is InChI=1S/C13H18O5S/c14-8-11-7-12(19(15)16)1-2-13(11)18-9-10-3-5-17-6-4-10/h1-2,7,10,14H,3-6,8-9H2,(H,15,16). The van der Waals surface area contributed by atoms with Crippen LogP contribution in [0.5, 0.6) is 5.75 Å². The Morgan fingerprint density at radius 2 is 2.11 bits per heavy atom. The van der Waals surface area contributed by atoms with E-state index in [1.54, 1.807) is 6.07 Å². The minimum atomic E-state index is -2.04. The van der Waals surface area contributed by atoms with E-state index in [4.69, 9.17) is 14.0 Å². The number of benzene rings is 1. The molecule has 19 heavy (non-hydrogen) atoms. The molecule has 1 unspecified atom stereocenters. The van der Waals surface area contributed by atoms with Crippen molar-refractivity contribution in [2.75, 3.05) is 19.8 Å². The molecular weight excluding hydrogens is 268 g/mol. The summed E-state index contributed by atoms with van der Waals surface area (Å²) in [6.07, 6.45) is 1.96. The highest BCUT2D eigenvalue weighted by Gasteiger charge is 2.15. The highest BCUT2D eigenvalue weighted by Crippen LogP contribution is 2.24. The zero-order valence-electron chi connectivity index (χ0n) is 10.6. The molecular formula is C13H18O5S. The average molecular weight is 286 g/mol. The molecule has 1 aliphatic rings. The predicted molar refractivity (Wildman–Crippen MR) is 70.4 cm³/mol. The molecule has 0 spiro atoms. The number of aliphatic hydroxyl groups excluding tert-OH is 1. The fourth-order valence-corrected chi connectivity index (χ4v) is 2.48. The summed E-state index contributed by atoms with van der Waals surface area (Å²) in [5.74, 6) is 1.04. The van der Waals surface area contributed by atoms with Crippen molar-refractivity contribution in [1.82, 2.24) is 0 Å². The van der Waals surface area contributed by atoms with Crippen LogP contribution in [0.1, 0.15) is 18.4 Å². The Labute approximate surface area is 114 Å². The van der Waals surface area contributed by atoms with E-state index in [-0.39, 0.29) is 11.5 Å². The third-order valence-electron chi connectivity index (χ3n) is 3.22. The van der Waals surface area contributed by atoms with Crippen molar-refractivity contribution < 1.29 is 23.3 Å². The average Bonchev–Trinajstić information content (AvgIpc) is 2.45. The van der Waals surface area contributed by atoms with Crippen molar-refractivity contribution in [3.63, 3.8) is 0 Å². The molecule has 0 amide bonds. The van der Waals surface area contributed by atoms with Gasteiger partial charge in [-0.2, -0.15) is 0 Å². The zero-order valence-corrected chi connectivity index (χ0v) is 11.4. The number of aliphatic hydroxyl groups is 1. The monoisotopic (exact) mass is 286 g/mol. The summed E-state index contributed by atoms with van der Waals surface area (Å²) in [7, 11) is 0. The molecule has 1 aromatic carbocycles. The zero-order chi connectivity index (χ0) is 13.7. The van der Waals surface area contributed by atoms with Gasteiger partial charge in [0.2, 0.25) is 0 Å². The topological polar surface area (TPSA) is 76.0 Å². The van der Waals surface area contributed by atoms with Crippen LogP contribution in [0.25, 0.3) is 0 Å². The lowest BCUT2D eigenvalue weighted by molar-refractivity contribution is 0.0494. The lowest BCUT2D eigenvalue weighted by Crippen LogP contribution is -2.21. The molecule has 1 atom stereocenters. The van der Waals surface area contributed by atoms with Gasteiger partial charge in [-0.05, 0) is 37.0 Å². The fourth-order valence-electron chi connectivity index (χ4n) is 2.05. The SMILES string of the molecule is O=S(O)c1ccc(OCC2CCOCC2)c(CO)c1. The summed E-state index contributed by atoms with van der Waals surface area (Å²) >= 11 is -2.04. The molecule has 106 valence electrons. The van der Waals surface area contributed by atoms with E-state index in [9.17, 15) is 9.32 Å². The van der Waals surface area contributed by atoms with Gasteiger partial charge in [0.1, 0.15) is 5.75 Å². The van der Waals surface area contributed by atoms with Crippen molar-refractivity contribution >= 4 is 11.1 Å². The molecule has 0 radical (unpaired) electrons. The van der Waals surface area contributed by atoms with Crippen LogP contribution in [-0.4, -0.2) is 33.7 Å². The summed E-state index contributed by atoms with van der Waals surface area (Å²) in [5.41, 5.74) is 0.534. The predicted octanol–water partition coefficient (Wildman–Crippen LogP) is 1.56. The lowest BCUT2D eigenvalue weighted by atomic mass is 10.0. The molecule has 0 aromatic heterocycles. The van der Waals surface area contributed by atoms with Gasteiger partial charge in [0.05, 0.1) is 18.1 Å². The van der Waals surface area contributed by atoms with Crippen LogP contribution in [0.3, 0.4) is 0 Å². The maximum atomic E-state index is 11.0. The van der Waals surface area contributed by atoms with Gasteiger partial charge >= 0.3 is 0 Å². The second-order valence-corrected chi connectivity index (χ2v) is 5.51. The number of rotatable bonds is 5. The largest absolute Gasteiger partial charge is 0.493 e. The van der Waals surface area contributed by atoms with Crippen LogP contribution in [0, 0.1) is 5.92 Å². The maximum Gasteiger partial charge on any atom is 0.186 e. The Hall–Kier alpha value is -0.950. The number of ether oxygens (including phenoxy) is 2. The fraction of sp³-hybridized carbons (Fsp3) is 0.538. The first-order valence-electron chi connectivity index (χ1n) is 6.26. The summed E-state index contributed by atoms with van der Waals surface area (Å²) in [4.78, 5) is 0.266. The second-order valence-electron chi connectivity index (χ2n) is 4.54. The Morgan fingerprint density at radius 1 is 1.37 bits per heavy atom. The molecule has 1 fully saturated rings. The third kappa shape index (κ3) is 4.01. The summed E-state index contributed by atoms with van der Waals surface area (Å²) in [5, 5.41) is 9.28. The van der Waals surface area contributed by atoms with Crippen molar-refractivity contribution in [3.05, 3.63) is 23.8 Å². The van der Waals surface area contributed by atoms with Crippen LogP contribution in [0.4, 0.5) is 0 Å². The molecule has 0 aliphatic carbocycles. The second kappa shape index (κ2) is 7.00. The molecule has 1 aliphatic heterocycles. The molecule has 5 nitrogen and oxygen atoms in total. The van der Waals surface area contributed by atoms with E-state index in [1.807, 2.05) is 0 Å². The molecule has 1 aromatic rings. The molecule has 0 bridgehead atoms. The van der Waals surface area contributed by atoms with E-state index in [1.165, 1.54) is 12.1 Å². The molecule has 0 saturated carbocycles. The van der Waals surface area contributed by atoms with Gasteiger partial charge in [0.25, 0.3) is 0 Å². The van der Waals surface area contributed by atoms with Gasteiger partial charge in [0, 0.05) is 18.8 Å². The van der Waals surface area contributed by atoms with Crippen molar-refractivity contribution in [2.24, 2.45) is 5.92 Å². The van der Waals surface area contributed by atoms with Crippen LogP contribution in [0.2, 0.25) is 0 Å². The first-order valence-corrected chi connectivity index (χ1v) is 7.36. The van der Waals surface area contributed by atoms with Crippen molar-refractivity contribution in [1.29, 1.82) is 0 Å². The van der Waals surface area contributed by atoms with E-state index in [0.29, 0.717) is 23.8 Å². The third-order valence-corrected chi connectivity index (χ3v) is 3.88. The van der Waals surface area contributed by atoms with Gasteiger partial charge in [-0.15, -0.1) is 0 Å².